The lowest BCUT2D eigenvalue weighted by Crippen LogP contribution is -2.22. The lowest BCUT2D eigenvalue weighted by molar-refractivity contribution is 0.0510. The maximum absolute atomic E-state index is 11.0. The maximum atomic E-state index is 11.0. The molecule has 25 heavy (non-hydrogen) atoms. The third kappa shape index (κ3) is 4.58. The van der Waals surface area contributed by atoms with Gasteiger partial charge < -0.3 is 24.7 Å². The fraction of sp³-hybridized carbons (Fsp3) is 0.278. The molecule has 1 unspecified atom stereocenters. The van der Waals surface area contributed by atoms with Crippen LogP contribution in [-0.2, 0) is 9.47 Å². The van der Waals surface area contributed by atoms with E-state index in [0.717, 1.165) is 21.1 Å². The Hall–Kier alpha value is -2.38. The van der Waals surface area contributed by atoms with Gasteiger partial charge in [-0.15, -0.1) is 0 Å². The van der Waals surface area contributed by atoms with Gasteiger partial charge in [-0.3, -0.25) is 0 Å². The smallest absolute Gasteiger partial charge is 0.405 e. The van der Waals surface area contributed by atoms with E-state index in [9.17, 15) is 4.79 Å². The number of carbonyl (C=O) groups is 1. The van der Waals surface area contributed by atoms with Crippen LogP contribution in [0.5, 0.6) is 11.5 Å². The van der Waals surface area contributed by atoms with Crippen molar-refractivity contribution in [1.82, 2.24) is 0 Å². The van der Waals surface area contributed by atoms with Crippen molar-refractivity contribution < 1.29 is 23.7 Å². The van der Waals surface area contributed by atoms with Gasteiger partial charge in [-0.05, 0) is 30.3 Å². The van der Waals surface area contributed by atoms with Gasteiger partial charge in [0.1, 0.15) is 17.6 Å². The topological polar surface area (TPSA) is 80.0 Å². The zero-order chi connectivity index (χ0) is 17.6. The van der Waals surface area contributed by atoms with E-state index in [-0.39, 0.29) is 12.9 Å². The van der Waals surface area contributed by atoms with E-state index in [1.807, 2.05) is 42.5 Å². The van der Waals surface area contributed by atoms with Crippen molar-refractivity contribution >= 4 is 17.9 Å². The van der Waals surface area contributed by atoms with Crippen LogP contribution in [0.15, 0.2) is 52.3 Å². The van der Waals surface area contributed by atoms with Crippen LogP contribution in [0, 0.1) is 0 Å². The normalized spacial score (nSPS) is 15.8. The zero-order valence-electron chi connectivity index (χ0n) is 13.8. The number of hydrogen-bond donors (Lipinski definition) is 1. The molecule has 3 rings (SSSR count). The van der Waals surface area contributed by atoms with E-state index in [0.29, 0.717) is 18.8 Å². The number of rotatable bonds is 6. The molecule has 0 aliphatic carbocycles. The van der Waals surface area contributed by atoms with Gasteiger partial charge in [-0.25, -0.2) is 4.79 Å². The van der Waals surface area contributed by atoms with Gasteiger partial charge in [-0.2, -0.15) is 0 Å². The molecule has 132 valence electrons. The summed E-state index contributed by atoms with van der Waals surface area (Å²) >= 11 is 1.59. The number of methoxy groups -OCH3 is 1. The molecule has 2 aromatic rings. The number of hydrogen-bond acceptors (Lipinski definition) is 6. The van der Waals surface area contributed by atoms with Crippen LogP contribution in [0.2, 0.25) is 0 Å². The Morgan fingerprint density at radius 3 is 2.92 bits per heavy atom. The summed E-state index contributed by atoms with van der Waals surface area (Å²) in [7, 11) is 1.58. The van der Waals surface area contributed by atoms with Gasteiger partial charge in [0.25, 0.3) is 0 Å². The number of primary amides is 1. The van der Waals surface area contributed by atoms with E-state index in [1.165, 1.54) is 0 Å². The first-order valence-electron chi connectivity index (χ1n) is 7.78. The minimum atomic E-state index is -0.774. The fourth-order valence-electron chi connectivity index (χ4n) is 2.55. The summed E-state index contributed by atoms with van der Waals surface area (Å²) < 4.78 is 21.2. The van der Waals surface area contributed by atoms with Crippen molar-refractivity contribution in [3.63, 3.8) is 0 Å². The third-order valence-electron chi connectivity index (χ3n) is 3.61. The number of carbonyl (C=O) groups excluding carboxylic acids is 1. The molecule has 7 heteroatoms. The minimum absolute atomic E-state index is 0.210. The molecule has 0 aromatic heterocycles. The molecule has 1 aliphatic rings. The van der Waals surface area contributed by atoms with Gasteiger partial charge in [0.05, 0.1) is 6.61 Å². The van der Waals surface area contributed by atoms with Crippen LogP contribution in [0.1, 0.15) is 18.1 Å². The van der Waals surface area contributed by atoms with Gasteiger partial charge >= 0.3 is 6.09 Å². The largest absolute Gasteiger partial charge is 0.493 e. The average molecular weight is 361 g/mol. The molecule has 2 N–H and O–H groups in total. The molecule has 2 aromatic carbocycles. The van der Waals surface area contributed by atoms with E-state index in [4.69, 9.17) is 24.7 Å². The third-order valence-corrected chi connectivity index (χ3v) is 4.59. The highest BCUT2D eigenvalue weighted by atomic mass is 32.2. The molecule has 0 spiro atoms. The second-order valence-electron chi connectivity index (χ2n) is 5.39. The molecule has 0 bridgehead atoms. The summed E-state index contributed by atoms with van der Waals surface area (Å²) in [6.45, 7) is 0.696. The zero-order valence-corrected chi connectivity index (χ0v) is 14.6. The maximum Gasteiger partial charge on any atom is 0.405 e. The fourth-order valence-corrected chi connectivity index (χ4v) is 3.45. The first-order chi connectivity index (χ1) is 12.2. The molecular formula is C18H19NO5S. The van der Waals surface area contributed by atoms with E-state index < -0.39 is 6.09 Å². The first kappa shape index (κ1) is 17.4. The standard InChI is InChI=1S/C18H19NO5S/c1-21-11-23-12-3-2-4-13(9-12)25-14-5-6-15-16(24-18(19)20)7-8-22-17(15)10-14/h2-6,9-10,16H,7-8,11H2,1H3,(H2,19,20). The lowest BCUT2D eigenvalue weighted by Gasteiger charge is -2.25. The lowest BCUT2D eigenvalue weighted by atomic mass is 10.0. The number of nitrogens with two attached hydrogens (primary N) is 1. The average Bonchev–Trinajstić information content (AvgIpc) is 2.60. The Kier molecular flexibility index (Phi) is 5.67. The SMILES string of the molecule is COCOc1cccc(Sc2ccc3c(c2)OCCC3OC(N)=O)c1. The van der Waals surface area contributed by atoms with Crippen molar-refractivity contribution in [1.29, 1.82) is 0 Å². The monoisotopic (exact) mass is 361 g/mol. The molecule has 0 radical (unpaired) electrons. The van der Waals surface area contributed by atoms with E-state index >= 15 is 0 Å². The molecule has 1 amide bonds. The molecule has 1 aliphatic heterocycles. The molecule has 0 saturated carbocycles. The molecule has 1 heterocycles. The Labute approximate surface area is 150 Å². The first-order valence-corrected chi connectivity index (χ1v) is 8.60. The van der Waals surface area contributed by atoms with E-state index in [2.05, 4.69) is 0 Å². The Morgan fingerprint density at radius 2 is 2.12 bits per heavy atom. The minimum Gasteiger partial charge on any atom is -0.493 e. The van der Waals surface area contributed by atoms with Crippen LogP contribution < -0.4 is 15.2 Å². The second kappa shape index (κ2) is 8.13. The van der Waals surface area contributed by atoms with E-state index in [1.54, 1.807) is 18.9 Å². The van der Waals surface area contributed by atoms with Crippen LogP contribution >= 0.6 is 11.8 Å². The molecule has 0 saturated heterocycles. The molecule has 6 nitrogen and oxygen atoms in total. The summed E-state index contributed by atoms with van der Waals surface area (Å²) in [6.07, 6.45) is -0.531. The number of benzene rings is 2. The highest BCUT2D eigenvalue weighted by molar-refractivity contribution is 7.99. The number of ether oxygens (including phenoxy) is 4. The van der Waals surface area contributed by atoms with Crippen LogP contribution in [0.3, 0.4) is 0 Å². The predicted octanol–water partition coefficient (Wildman–Crippen LogP) is 3.74. The van der Waals surface area contributed by atoms with Crippen molar-refractivity contribution in [2.75, 3.05) is 20.5 Å². The summed E-state index contributed by atoms with van der Waals surface area (Å²) in [5.74, 6) is 1.46. The Balaban J connectivity index is 1.75. The van der Waals surface area contributed by atoms with Gasteiger partial charge in [0, 0.05) is 28.9 Å². The highest BCUT2D eigenvalue weighted by Gasteiger charge is 2.24. The van der Waals surface area contributed by atoms with Crippen molar-refractivity contribution in [3.8, 4) is 11.5 Å². The second-order valence-corrected chi connectivity index (χ2v) is 6.54. The van der Waals surface area contributed by atoms with Crippen molar-refractivity contribution in [3.05, 3.63) is 48.0 Å². The Morgan fingerprint density at radius 1 is 1.28 bits per heavy atom. The van der Waals surface area contributed by atoms with Crippen molar-refractivity contribution in [2.24, 2.45) is 5.73 Å². The quantitative estimate of drug-likeness (QED) is 0.790. The highest BCUT2D eigenvalue weighted by Crippen LogP contribution is 2.39. The number of amides is 1. The van der Waals surface area contributed by atoms with Gasteiger partial charge in [0.2, 0.25) is 0 Å². The summed E-state index contributed by atoms with van der Waals surface area (Å²) in [6, 6.07) is 13.6. The Bertz CT molecular complexity index is 752. The summed E-state index contributed by atoms with van der Waals surface area (Å²) in [5.41, 5.74) is 5.97. The van der Waals surface area contributed by atoms with Crippen LogP contribution in [0.4, 0.5) is 4.79 Å². The van der Waals surface area contributed by atoms with Crippen LogP contribution in [-0.4, -0.2) is 26.6 Å². The number of fused-ring (bicyclic) bond motifs is 1. The van der Waals surface area contributed by atoms with Crippen molar-refractivity contribution in [2.45, 2.75) is 22.3 Å². The summed E-state index contributed by atoms with van der Waals surface area (Å²) in [4.78, 5) is 13.1. The molecule has 0 fully saturated rings. The summed E-state index contributed by atoms with van der Waals surface area (Å²) in [5, 5.41) is 0. The molecular weight excluding hydrogens is 342 g/mol. The molecule has 1 atom stereocenters. The van der Waals surface area contributed by atoms with Gasteiger partial charge in [0.15, 0.2) is 6.79 Å². The predicted molar refractivity (Wildman–Crippen MR) is 93.0 cm³/mol. The van der Waals surface area contributed by atoms with Gasteiger partial charge in [-0.1, -0.05) is 23.9 Å². The van der Waals surface area contributed by atoms with Crippen LogP contribution in [0.25, 0.3) is 0 Å².